The van der Waals surface area contributed by atoms with Crippen LogP contribution in [0.3, 0.4) is 0 Å². The molecule has 0 unspecified atom stereocenters. The van der Waals surface area contributed by atoms with Gasteiger partial charge in [-0.2, -0.15) is 8.78 Å². The van der Waals surface area contributed by atoms with E-state index in [1.54, 1.807) is 34.9 Å². The van der Waals surface area contributed by atoms with Gasteiger partial charge in [-0.3, -0.25) is 9.36 Å². The molecule has 3 aromatic rings. The Labute approximate surface area is 152 Å². The van der Waals surface area contributed by atoms with Gasteiger partial charge < -0.3 is 4.74 Å². The maximum atomic E-state index is 12.6. The average molecular weight is 375 g/mol. The summed E-state index contributed by atoms with van der Waals surface area (Å²) in [6.45, 7) is -2.30. The van der Waals surface area contributed by atoms with E-state index in [4.69, 9.17) is 11.6 Å². The third kappa shape index (κ3) is 3.08. The summed E-state index contributed by atoms with van der Waals surface area (Å²) in [7, 11) is 0. The molecule has 1 aromatic heterocycles. The number of nitrogens with zero attached hydrogens (tertiary/aromatic N) is 2. The fourth-order valence-electron chi connectivity index (χ4n) is 3.07. The summed E-state index contributed by atoms with van der Waals surface area (Å²) >= 11 is 6.01. The highest BCUT2D eigenvalue weighted by Gasteiger charge is 2.21. The number of fused-ring (bicyclic) bond motifs is 2. The Kier molecular flexibility index (Phi) is 4.20. The van der Waals surface area contributed by atoms with Gasteiger partial charge in [-0.1, -0.05) is 23.7 Å². The van der Waals surface area contributed by atoms with Crippen LogP contribution in [-0.4, -0.2) is 16.2 Å². The van der Waals surface area contributed by atoms with Gasteiger partial charge >= 0.3 is 6.61 Å². The van der Waals surface area contributed by atoms with Gasteiger partial charge in [-0.05, 0) is 54.0 Å². The number of rotatable bonds is 3. The molecule has 1 aliphatic heterocycles. The molecule has 26 heavy (non-hydrogen) atoms. The van der Waals surface area contributed by atoms with Crippen molar-refractivity contribution in [3.05, 3.63) is 69.2 Å². The Hall–Kier alpha value is -2.73. The van der Waals surface area contributed by atoms with Gasteiger partial charge in [-0.25, -0.2) is 4.98 Å². The monoisotopic (exact) mass is 374 g/mol. The Balaban J connectivity index is 1.74. The molecule has 0 aliphatic carbocycles. The van der Waals surface area contributed by atoms with E-state index in [9.17, 15) is 13.6 Å². The number of allylic oxidation sites excluding steroid dienone is 1. The molecule has 0 radical (unpaired) electrons. The smallest absolute Gasteiger partial charge is 0.387 e. The molecular weight excluding hydrogens is 362 g/mol. The van der Waals surface area contributed by atoms with E-state index in [-0.39, 0.29) is 11.3 Å². The summed E-state index contributed by atoms with van der Waals surface area (Å²) in [6, 6.07) is 11.4. The molecule has 0 bridgehead atoms. The van der Waals surface area contributed by atoms with E-state index in [0.29, 0.717) is 34.7 Å². The lowest BCUT2D eigenvalue weighted by Gasteiger charge is -2.06. The molecule has 0 saturated heterocycles. The van der Waals surface area contributed by atoms with E-state index >= 15 is 0 Å². The highest BCUT2D eigenvalue weighted by atomic mass is 35.5. The summed E-state index contributed by atoms with van der Waals surface area (Å²) in [4.78, 5) is 17.2. The Morgan fingerprint density at radius 3 is 2.69 bits per heavy atom. The van der Waals surface area contributed by atoms with Gasteiger partial charge in [0.25, 0.3) is 5.56 Å². The Morgan fingerprint density at radius 2 is 1.96 bits per heavy atom. The number of benzene rings is 2. The van der Waals surface area contributed by atoms with Crippen LogP contribution >= 0.6 is 11.6 Å². The quantitative estimate of drug-likeness (QED) is 0.673. The topological polar surface area (TPSA) is 44.1 Å². The van der Waals surface area contributed by atoms with Crippen molar-refractivity contribution in [1.82, 2.24) is 9.55 Å². The van der Waals surface area contributed by atoms with Crippen LogP contribution in [0.5, 0.6) is 5.75 Å². The lowest BCUT2D eigenvalue weighted by atomic mass is 10.1. The molecule has 0 N–H and O–H groups in total. The van der Waals surface area contributed by atoms with Crippen LogP contribution in [0.1, 0.15) is 17.8 Å². The maximum Gasteiger partial charge on any atom is 0.387 e. The van der Waals surface area contributed by atoms with Gasteiger partial charge in [0.05, 0.1) is 10.9 Å². The van der Waals surface area contributed by atoms with Crippen molar-refractivity contribution in [2.45, 2.75) is 19.6 Å². The molecule has 0 fully saturated rings. The van der Waals surface area contributed by atoms with Crippen LogP contribution in [0.15, 0.2) is 47.3 Å². The minimum absolute atomic E-state index is 0.0919. The molecule has 4 rings (SSSR count). The number of ether oxygens (including phenoxy) is 1. The third-order valence-electron chi connectivity index (χ3n) is 4.26. The summed E-state index contributed by atoms with van der Waals surface area (Å²) < 4.78 is 30.4. The summed E-state index contributed by atoms with van der Waals surface area (Å²) in [5.41, 5.74) is 2.19. The second-order valence-electron chi connectivity index (χ2n) is 5.92. The number of aromatic nitrogens is 2. The van der Waals surface area contributed by atoms with E-state index in [0.717, 1.165) is 11.1 Å². The van der Waals surface area contributed by atoms with Crippen molar-refractivity contribution < 1.29 is 13.5 Å². The molecule has 2 aromatic carbocycles. The third-order valence-corrected chi connectivity index (χ3v) is 4.49. The van der Waals surface area contributed by atoms with Crippen molar-refractivity contribution in [2.24, 2.45) is 0 Å². The predicted molar refractivity (Wildman–Crippen MR) is 96.6 cm³/mol. The number of halogens is 3. The molecule has 0 amide bonds. The van der Waals surface area contributed by atoms with Gasteiger partial charge in [0.1, 0.15) is 11.6 Å². The minimum Gasteiger partial charge on any atom is -0.435 e. The van der Waals surface area contributed by atoms with E-state index in [2.05, 4.69) is 9.72 Å². The first-order valence-corrected chi connectivity index (χ1v) is 8.35. The first-order chi connectivity index (χ1) is 12.5. The van der Waals surface area contributed by atoms with Crippen LogP contribution in [0.2, 0.25) is 5.02 Å². The van der Waals surface area contributed by atoms with Crippen molar-refractivity contribution in [3.63, 3.8) is 0 Å². The molecule has 2 heterocycles. The standard InChI is InChI=1S/C19H13ClF2N2O2/c20-13-3-6-15-16(10-13)23-17-12(7-8-24(17)18(15)25)9-11-1-4-14(5-2-11)26-19(21)22/h1-6,9-10,19H,7-8H2. The van der Waals surface area contributed by atoms with Crippen LogP contribution in [0.25, 0.3) is 22.6 Å². The lowest BCUT2D eigenvalue weighted by Crippen LogP contribution is -2.20. The van der Waals surface area contributed by atoms with Gasteiger partial charge in [-0.15, -0.1) is 0 Å². The second-order valence-corrected chi connectivity index (χ2v) is 6.36. The van der Waals surface area contributed by atoms with Crippen LogP contribution < -0.4 is 10.3 Å². The summed E-state index contributed by atoms with van der Waals surface area (Å²) in [6.07, 6.45) is 2.56. The molecule has 0 atom stereocenters. The summed E-state index contributed by atoms with van der Waals surface area (Å²) in [5, 5.41) is 1.06. The van der Waals surface area contributed by atoms with Crippen molar-refractivity contribution in [1.29, 1.82) is 0 Å². The van der Waals surface area contributed by atoms with E-state index in [1.165, 1.54) is 12.1 Å². The zero-order valence-electron chi connectivity index (χ0n) is 13.5. The van der Waals surface area contributed by atoms with Crippen LogP contribution in [-0.2, 0) is 6.54 Å². The van der Waals surface area contributed by atoms with E-state index in [1.807, 2.05) is 6.08 Å². The average Bonchev–Trinajstić information content (AvgIpc) is 2.99. The predicted octanol–water partition coefficient (Wildman–Crippen LogP) is 4.60. The van der Waals surface area contributed by atoms with Crippen LogP contribution in [0.4, 0.5) is 8.78 Å². The van der Waals surface area contributed by atoms with Crippen molar-refractivity contribution >= 4 is 34.2 Å². The molecular formula is C19H13ClF2N2O2. The number of hydrogen-bond acceptors (Lipinski definition) is 3. The zero-order valence-corrected chi connectivity index (χ0v) is 14.2. The summed E-state index contributed by atoms with van der Waals surface area (Å²) in [5.74, 6) is 0.710. The molecule has 7 heteroatoms. The fraction of sp³-hybridized carbons (Fsp3) is 0.158. The second kappa shape index (κ2) is 6.53. The number of alkyl halides is 2. The molecule has 0 saturated carbocycles. The Bertz CT molecular complexity index is 1080. The molecule has 0 spiro atoms. The van der Waals surface area contributed by atoms with E-state index < -0.39 is 6.61 Å². The normalized spacial score (nSPS) is 15.0. The highest BCUT2D eigenvalue weighted by Crippen LogP contribution is 2.28. The number of hydrogen-bond donors (Lipinski definition) is 0. The largest absolute Gasteiger partial charge is 0.435 e. The molecule has 1 aliphatic rings. The zero-order chi connectivity index (χ0) is 18.3. The van der Waals surface area contributed by atoms with Crippen LogP contribution in [0, 0.1) is 0 Å². The first kappa shape index (κ1) is 16.7. The lowest BCUT2D eigenvalue weighted by molar-refractivity contribution is -0.0498. The molecule has 132 valence electrons. The maximum absolute atomic E-state index is 12.6. The fourth-order valence-corrected chi connectivity index (χ4v) is 3.24. The molecule has 4 nitrogen and oxygen atoms in total. The Morgan fingerprint density at radius 1 is 1.19 bits per heavy atom. The van der Waals surface area contributed by atoms with Gasteiger partial charge in [0.2, 0.25) is 0 Å². The highest BCUT2D eigenvalue weighted by molar-refractivity contribution is 6.31. The minimum atomic E-state index is -2.85. The first-order valence-electron chi connectivity index (χ1n) is 7.97. The van der Waals surface area contributed by atoms with Gasteiger partial charge in [0, 0.05) is 11.6 Å². The van der Waals surface area contributed by atoms with Gasteiger partial charge in [0.15, 0.2) is 0 Å². The van der Waals surface area contributed by atoms with Crippen molar-refractivity contribution in [2.75, 3.05) is 0 Å². The van der Waals surface area contributed by atoms with Crippen molar-refractivity contribution in [3.8, 4) is 5.75 Å². The SMILES string of the molecule is O=c1c2ccc(Cl)cc2nc2n1CCC2=Cc1ccc(OC(F)F)cc1.